The summed E-state index contributed by atoms with van der Waals surface area (Å²) < 4.78 is 5.47. The maximum atomic E-state index is 12.5. The van der Waals surface area contributed by atoms with Crippen LogP contribution in [0.3, 0.4) is 0 Å². The molecule has 3 amide bonds. The molecular formula is C24H31N5O4. The van der Waals surface area contributed by atoms with Gasteiger partial charge in [-0.05, 0) is 42.0 Å². The Kier molecular flexibility index (Phi) is 8.39. The van der Waals surface area contributed by atoms with Gasteiger partial charge in [-0.2, -0.15) is 0 Å². The summed E-state index contributed by atoms with van der Waals surface area (Å²) in [5.74, 6) is -1.63. The Balaban J connectivity index is 1.62. The van der Waals surface area contributed by atoms with Crippen LogP contribution in [-0.4, -0.2) is 69.6 Å². The summed E-state index contributed by atoms with van der Waals surface area (Å²) in [6, 6.07) is 14.7. The first kappa shape index (κ1) is 24.2. The average Bonchev–Trinajstić information content (AvgIpc) is 2.81. The van der Waals surface area contributed by atoms with Gasteiger partial charge in [0.2, 0.25) is 5.91 Å². The molecule has 33 heavy (non-hydrogen) atoms. The number of morpholine rings is 1. The summed E-state index contributed by atoms with van der Waals surface area (Å²) in [5, 5.41) is 8.00. The van der Waals surface area contributed by atoms with Crippen molar-refractivity contribution in [2.45, 2.75) is 13.0 Å². The van der Waals surface area contributed by atoms with E-state index >= 15 is 0 Å². The van der Waals surface area contributed by atoms with Gasteiger partial charge in [0.05, 0.1) is 19.3 Å². The molecule has 1 saturated heterocycles. The third-order valence-electron chi connectivity index (χ3n) is 5.41. The summed E-state index contributed by atoms with van der Waals surface area (Å²) in [6.07, 6.45) is 0. The maximum Gasteiger partial charge on any atom is 0.313 e. The highest BCUT2D eigenvalue weighted by Gasteiger charge is 2.24. The zero-order valence-corrected chi connectivity index (χ0v) is 19.3. The lowest BCUT2D eigenvalue weighted by Gasteiger charge is -2.35. The summed E-state index contributed by atoms with van der Waals surface area (Å²) in [7, 11) is 3.97. The van der Waals surface area contributed by atoms with Gasteiger partial charge in [-0.1, -0.05) is 12.1 Å². The van der Waals surface area contributed by atoms with Crippen LogP contribution >= 0.6 is 0 Å². The van der Waals surface area contributed by atoms with Crippen LogP contribution in [0, 0.1) is 0 Å². The number of benzene rings is 2. The number of ether oxygens (including phenoxy) is 1. The van der Waals surface area contributed by atoms with Gasteiger partial charge in [-0.15, -0.1) is 0 Å². The first-order valence-electron chi connectivity index (χ1n) is 10.9. The molecule has 0 spiro atoms. The Bertz CT molecular complexity index is 954. The third-order valence-corrected chi connectivity index (χ3v) is 5.41. The molecule has 0 unspecified atom stereocenters. The van der Waals surface area contributed by atoms with Crippen molar-refractivity contribution in [3.63, 3.8) is 0 Å². The van der Waals surface area contributed by atoms with Gasteiger partial charge in [0.1, 0.15) is 0 Å². The molecule has 0 aliphatic carbocycles. The monoisotopic (exact) mass is 453 g/mol. The van der Waals surface area contributed by atoms with E-state index in [0.29, 0.717) is 31.1 Å². The van der Waals surface area contributed by atoms with Crippen LogP contribution in [0.5, 0.6) is 0 Å². The second kappa shape index (κ2) is 11.4. The molecule has 2 aromatic carbocycles. The fourth-order valence-corrected chi connectivity index (χ4v) is 3.64. The van der Waals surface area contributed by atoms with Crippen molar-refractivity contribution in [2.75, 3.05) is 62.5 Å². The number of carbonyl (C=O) groups excluding carboxylic acids is 3. The van der Waals surface area contributed by atoms with Crippen molar-refractivity contribution < 1.29 is 19.1 Å². The first-order valence-corrected chi connectivity index (χ1v) is 10.9. The van der Waals surface area contributed by atoms with E-state index in [1.165, 1.54) is 6.92 Å². The zero-order valence-electron chi connectivity index (χ0n) is 19.3. The maximum absolute atomic E-state index is 12.5. The Morgan fingerprint density at radius 1 is 0.909 bits per heavy atom. The molecule has 1 aliphatic heterocycles. The van der Waals surface area contributed by atoms with Crippen molar-refractivity contribution in [3.8, 4) is 0 Å². The number of hydrogen-bond donors (Lipinski definition) is 3. The molecule has 9 heteroatoms. The van der Waals surface area contributed by atoms with E-state index in [1.54, 1.807) is 24.3 Å². The van der Waals surface area contributed by atoms with Crippen molar-refractivity contribution in [3.05, 3.63) is 54.1 Å². The molecule has 1 aliphatic rings. The Morgan fingerprint density at radius 3 is 2.03 bits per heavy atom. The van der Waals surface area contributed by atoms with Crippen LogP contribution in [0.1, 0.15) is 18.5 Å². The van der Waals surface area contributed by atoms with Crippen molar-refractivity contribution in [1.82, 2.24) is 10.2 Å². The lowest BCUT2D eigenvalue weighted by molar-refractivity contribution is -0.136. The summed E-state index contributed by atoms with van der Waals surface area (Å²) >= 11 is 0. The van der Waals surface area contributed by atoms with Crippen molar-refractivity contribution >= 4 is 34.8 Å². The van der Waals surface area contributed by atoms with Gasteiger partial charge in [0.25, 0.3) is 0 Å². The summed E-state index contributed by atoms with van der Waals surface area (Å²) in [5.41, 5.74) is 3.23. The van der Waals surface area contributed by atoms with Gasteiger partial charge in [0.15, 0.2) is 0 Å². The lowest BCUT2D eigenvalue weighted by Crippen LogP contribution is -2.45. The van der Waals surface area contributed by atoms with Crippen LogP contribution in [0.4, 0.5) is 17.1 Å². The number of rotatable bonds is 7. The Hall–Kier alpha value is -3.43. The lowest BCUT2D eigenvalue weighted by atomic mass is 10.0. The van der Waals surface area contributed by atoms with Gasteiger partial charge in [-0.25, -0.2) is 0 Å². The summed E-state index contributed by atoms with van der Waals surface area (Å²) in [6.45, 7) is 4.49. The smallest absolute Gasteiger partial charge is 0.313 e. The predicted molar refractivity (Wildman–Crippen MR) is 128 cm³/mol. The highest BCUT2D eigenvalue weighted by molar-refractivity contribution is 6.39. The van der Waals surface area contributed by atoms with E-state index in [9.17, 15) is 14.4 Å². The van der Waals surface area contributed by atoms with E-state index in [0.717, 1.165) is 24.3 Å². The van der Waals surface area contributed by atoms with Crippen LogP contribution in [0.15, 0.2) is 48.5 Å². The van der Waals surface area contributed by atoms with Crippen molar-refractivity contribution in [1.29, 1.82) is 0 Å². The molecule has 9 nitrogen and oxygen atoms in total. The number of nitrogens with one attached hydrogen (secondary N) is 3. The largest absolute Gasteiger partial charge is 0.379 e. The third kappa shape index (κ3) is 7.03. The Labute approximate surface area is 194 Å². The predicted octanol–water partition coefficient (Wildman–Crippen LogP) is 1.84. The number of hydrogen-bond acceptors (Lipinski definition) is 6. The highest BCUT2D eigenvalue weighted by Crippen LogP contribution is 2.24. The fraction of sp³-hybridized carbons (Fsp3) is 0.375. The van der Waals surface area contributed by atoms with E-state index in [4.69, 9.17) is 4.74 Å². The van der Waals surface area contributed by atoms with Crippen LogP contribution in [0.2, 0.25) is 0 Å². The molecule has 3 N–H and O–H groups in total. The van der Waals surface area contributed by atoms with Crippen LogP contribution in [0.25, 0.3) is 0 Å². The number of amides is 3. The minimum Gasteiger partial charge on any atom is -0.379 e. The second-order valence-electron chi connectivity index (χ2n) is 8.07. The molecule has 1 fully saturated rings. The average molecular weight is 454 g/mol. The van der Waals surface area contributed by atoms with Gasteiger partial charge >= 0.3 is 11.8 Å². The number of nitrogens with zero attached hydrogens (tertiary/aromatic N) is 2. The molecule has 1 atom stereocenters. The molecule has 0 aromatic heterocycles. The first-order chi connectivity index (χ1) is 15.8. The number of carbonyl (C=O) groups is 3. The Morgan fingerprint density at radius 2 is 1.48 bits per heavy atom. The van der Waals surface area contributed by atoms with Crippen LogP contribution in [-0.2, 0) is 19.1 Å². The van der Waals surface area contributed by atoms with E-state index in [1.807, 2.05) is 31.1 Å². The minimum atomic E-state index is -0.744. The zero-order chi connectivity index (χ0) is 23.8. The van der Waals surface area contributed by atoms with Gasteiger partial charge < -0.3 is 25.6 Å². The van der Waals surface area contributed by atoms with Gasteiger partial charge in [0, 0.05) is 57.7 Å². The SMILES string of the molecule is CC(=O)Nc1ccc(NC(=O)C(=O)NC[C@@H](c2ccc(N(C)C)cc2)N2CCOCC2)cc1. The second-order valence-corrected chi connectivity index (χ2v) is 8.07. The molecule has 0 radical (unpaired) electrons. The number of anilines is 3. The fourth-order valence-electron chi connectivity index (χ4n) is 3.64. The molecule has 0 bridgehead atoms. The van der Waals surface area contributed by atoms with E-state index < -0.39 is 11.8 Å². The van der Waals surface area contributed by atoms with E-state index in [2.05, 4.69) is 33.0 Å². The molecule has 176 valence electrons. The quantitative estimate of drug-likeness (QED) is 0.553. The molecule has 2 aromatic rings. The summed E-state index contributed by atoms with van der Waals surface area (Å²) in [4.78, 5) is 40.3. The van der Waals surface area contributed by atoms with Crippen molar-refractivity contribution in [2.24, 2.45) is 0 Å². The van der Waals surface area contributed by atoms with Crippen LogP contribution < -0.4 is 20.9 Å². The molecule has 1 heterocycles. The molecule has 3 rings (SSSR count). The topological polar surface area (TPSA) is 103 Å². The van der Waals surface area contributed by atoms with Gasteiger partial charge in [-0.3, -0.25) is 19.3 Å². The molecular weight excluding hydrogens is 422 g/mol. The highest BCUT2D eigenvalue weighted by atomic mass is 16.5. The normalized spacial score (nSPS) is 14.8. The standard InChI is InChI=1S/C24H31N5O4/c1-17(30)26-19-6-8-20(9-7-19)27-24(32)23(31)25-16-22(29-12-14-33-15-13-29)18-4-10-21(11-5-18)28(2)3/h4-11,22H,12-16H2,1-3H3,(H,25,31)(H,26,30)(H,27,32)/t22-/m0/s1. The molecule has 0 saturated carbocycles. The minimum absolute atomic E-state index is 0.0706. The van der Waals surface area contributed by atoms with E-state index in [-0.39, 0.29) is 11.9 Å².